The molecule has 1 atom stereocenters. The number of carbonyl (C=O) groups excluding carboxylic acids is 1. The maximum absolute atomic E-state index is 11.1. The van der Waals surface area contributed by atoms with E-state index in [4.69, 9.17) is 5.73 Å². The second kappa shape index (κ2) is 5.09. The molecule has 2 rings (SSSR count). The van der Waals surface area contributed by atoms with Crippen molar-refractivity contribution in [3.63, 3.8) is 0 Å². The summed E-state index contributed by atoms with van der Waals surface area (Å²) in [5, 5.41) is 4.20. The molecule has 1 aromatic carbocycles. The molecular formula is C12H16N3O. The Labute approximate surface area is 95.4 Å². The molecule has 1 aromatic rings. The van der Waals surface area contributed by atoms with Gasteiger partial charge in [0.15, 0.2) is 0 Å². The number of hydrogen-bond acceptors (Lipinski definition) is 2. The van der Waals surface area contributed by atoms with E-state index in [1.54, 1.807) is 0 Å². The molecule has 0 bridgehead atoms. The van der Waals surface area contributed by atoms with Crippen LogP contribution in [0, 0.1) is 0 Å². The number of amides is 1. The highest BCUT2D eigenvalue weighted by Gasteiger charge is 2.24. The first-order valence-electron chi connectivity index (χ1n) is 5.48. The normalized spacial score (nSPS) is 21.9. The van der Waals surface area contributed by atoms with E-state index >= 15 is 0 Å². The van der Waals surface area contributed by atoms with Gasteiger partial charge in [0.2, 0.25) is 5.91 Å². The third kappa shape index (κ3) is 2.81. The molecule has 4 nitrogen and oxygen atoms in total. The molecule has 85 valence electrons. The van der Waals surface area contributed by atoms with Crippen LogP contribution in [0.2, 0.25) is 0 Å². The first-order chi connectivity index (χ1) is 7.75. The van der Waals surface area contributed by atoms with Crippen molar-refractivity contribution >= 4 is 5.91 Å². The number of primary amides is 1. The molecule has 1 saturated heterocycles. The first kappa shape index (κ1) is 11.1. The minimum absolute atomic E-state index is 0.322. The maximum Gasteiger partial charge on any atom is 0.237 e. The molecule has 1 aliphatic rings. The molecule has 16 heavy (non-hydrogen) atoms. The summed E-state index contributed by atoms with van der Waals surface area (Å²) in [6, 6.07) is 9.89. The van der Waals surface area contributed by atoms with Crippen molar-refractivity contribution in [3.05, 3.63) is 35.9 Å². The zero-order valence-electron chi connectivity index (χ0n) is 9.17. The molecule has 1 unspecified atom stereocenters. The second-order valence-electron chi connectivity index (χ2n) is 4.05. The first-order valence-corrected chi connectivity index (χ1v) is 5.48. The van der Waals surface area contributed by atoms with E-state index in [1.165, 1.54) is 5.56 Å². The van der Waals surface area contributed by atoms with Crippen molar-refractivity contribution < 1.29 is 4.79 Å². The maximum atomic E-state index is 11.1. The zero-order valence-corrected chi connectivity index (χ0v) is 9.17. The number of carbonyl (C=O) groups is 1. The molecule has 1 fully saturated rings. The number of hydrogen-bond donors (Lipinski definition) is 1. The van der Waals surface area contributed by atoms with E-state index in [0.717, 1.165) is 13.1 Å². The summed E-state index contributed by atoms with van der Waals surface area (Å²) in [7, 11) is 0. The molecule has 4 heteroatoms. The van der Waals surface area contributed by atoms with Gasteiger partial charge in [0, 0.05) is 26.2 Å². The molecule has 0 spiro atoms. The summed E-state index contributed by atoms with van der Waals surface area (Å²) in [5.74, 6) is -0.322. The van der Waals surface area contributed by atoms with Crippen LogP contribution in [0.5, 0.6) is 0 Å². The van der Waals surface area contributed by atoms with Crippen LogP contribution in [0.3, 0.4) is 0 Å². The van der Waals surface area contributed by atoms with Gasteiger partial charge in [-0.3, -0.25) is 9.69 Å². The highest BCUT2D eigenvalue weighted by molar-refractivity contribution is 5.80. The standard InChI is InChI=1S/C12H16N3O/c13-12(16)11-9-15(7-6-14-11)8-10-4-2-1-3-5-10/h1-5,11H,6-9H2,(H2,13,16). The van der Waals surface area contributed by atoms with Crippen LogP contribution in [-0.4, -0.2) is 36.5 Å². The van der Waals surface area contributed by atoms with E-state index in [0.29, 0.717) is 13.1 Å². The number of nitrogens with zero attached hydrogens (tertiary/aromatic N) is 2. The minimum atomic E-state index is -0.336. The Hall–Kier alpha value is -1.39. The number of piperazine rings is 1. The molecule has 0 aliphatic carbocycles. The summed E-state index contributed by atoms with van der Waals surface area (Å²) in [6.45, 7) is 3.10. The van der Waals surface area contributed by atoms with Gasteiger partial charge in [-0.15, -0.1) is 0 Å². The fourth-order valence-corrected chi connectivity index (χ4v) is 1.91. The van der Waals surface area contributed by atoms with Gasteiger partial charge in [0.05, 0.1) is 0 Å². The fourth-order valence-electron chi connectivity index (χ4n) is 1.91. The number of benzene rings is 1. The third-order valence-corrected chi connectivity index (χ3v) is 2.77. The minimum Gasteiger partial charge on any atom is -0.368 e. The Balaban J connectivity index is 1.93. The van der Waals surface area contributed by atoms with Crippen LogP contribution in [0.4, 0.5) is 0 Å². The third-order valence-electron chi connectivity index (χ3n) is 2.77. The van der Waals surface area contributed by atoms with Gasteiger partial charge in [0.25, 0.3) is 0 Å². The average Bonchev–Trinajstić information content (AvgIpc) is 2.30. The van der Waals surface area contributed by atoms with Crippen molar-refractivity contribution in [2.75, 3.05) is 19.6 Å². The Morgan fingerprint density at radius 2 is 2.19 bits per heavy atom. The topological polar surface area (TPSA) is 60.4 Å². The number of rotatable bonds is 3. The highest BCUT2D eigenvalue weighted by Crippen LogP contribution is 2.07. The van der Waals surface area contributed by atoms with Crippen molar-refractivity contribution in [2.45, 2.75) is 12.6 Å². The lowest BCUT2D eigenvalue weighted by Gasteiger charge is -2.30. The molecule has 1 amide bonds. The summed E-state index contributed by atoms with van der Waals surface area (Å²) in [4.78, 5) is 13.3. The predicted octanol–water partition coefficient (Wildman–Crippen LogP) is -0.0395. The van der Waals surface area contributed by atoms with Crippen molar-refractivity contribution in [2.24, 2.45) is 5.73 Å². The van der Waals surface area contributed by atoms with Crippen LogP contribution >= 0.6 is 0 Å². The fraction of sp³-hybridized carbons (Fsp3) is 0.417. The van der Waals surface area contributed by atoms with E-state index < -0.39 is 0 Å². The van der Waals surface area contributed by atoms with Gasteiger partial charge in [-0.05, 0) is 5.56 Å². The molecule has 2 N–H and O–H groups in total. The highest BCUT2D eigenvalue weighted by atomic mass is 16.1. The van der Waals surface area contributed by atoms with E-state index in [2.05, 4.69) is 22.3 Å². The quantitative estimate of drug-likeness (QED) is 0.774. The lowest BCUT2D eigenvalue weighted by molar-refractivity contribution is -0.121. The zero-order chi connectivity index (χ0) is 11.4. The molecule has 1 radical (unpaired) electrons. The van der Waals surface area contributed by atoms with E-state index in [9.17, 15) is 4.79 Å². The van der Waals surface area contributed by atoms with Crippen LogP contribution in [0.1, 0.15) is 5.56 Å². The van der Waals surface area contributed by atoms with Crippen molar-refractivity contribution in [1.29, 1.82) is 0 Å². The summed E-state index contributed by atoms with van der Waals surface area (Å²) >= 11 is 0. The van der Waals surface area contributed by atoms with Crippen LogP contribution in [0.15, 0.2) is 30.3 Å². The van der Waals surface area contributed by atoms with Gasteiger partial charge in [-0.2, -0.15) is 0 Å². The monoisotopic (exact) mass is 218 g/mol. The van der Waals surface area contributed by atoms with Crippen LogP contribution in [-0.2, 0) is 11.3 Å². The van der Waals surface area contributed by atoms with E-state index in [1.807, 2.05) is 18.2 Å². The largest absolute Gasteiger partial charge is 0.368 e. The molecule has 0 aromatic heterocycles. The van der Waals surface area contributed by atoms with Crippen molar-refractivity contribution in [3.8, 4) is 0 Å². The van der Waals surface area contributed by atoms with Crippen molar-refractivity contribution in [1.82, 2.24) is 10.2 Å². The van der Waals surface area contributed by atoms with Crippen LogP contribution < -0.4 is 11.1 Å². The van der Waals surface area contributed by atoms with Gasteiger partial charge < -0.3 is 5.73 Å². The molecular weight excluding hydrogens is 202 g/mol. The predicted molar refractivity (Wildman–Crippen MR) is 61.7 cm³/mol. The molecule has 0 saturated carbocycles. The SMILES string of the molecule is NC(=O)C1CN(Cc2ccccc2)CC[N]1. The Morgan fingerprint density at radius 3 is 2.88 bits per heavy atom. The van der Waals surface area contributed by atoms with Gasteiger partial charge in [0.1, 0.15) is 6.04 Å². The Bertz CT molecular complexity index is 353. The summed E-state index contributed by atoms with van der Waals surface area (Å²) in [6.07, 6.45) is 0. The number of nitrogens with two attached hydrogens (primary N) is 1. The van der Waals surface area contributed by atoms with Gasteiger partial charge in [-0.25, -0.2) is 5.32 Å². The Kier molecular flexibility index (Phi) is 3.54. The molecule has 1 aliphatic heterocycles. The molecule has 1 heterocycles. The smallest absolute Gasteiger partial charge is 0.237 e. The Morgan fingerprint density at radius 1 is 1.44 bits per heavy atom. The average molecular weight is 218 g/mol. The summed E-state index contributed by atoms with van der Waals surface area (Å²) in [5.41, 5.74) is 6.52. The lowest BCUT2D eigenvalue weighted by atomic mass is 10.1. The van der Waals surface area contributed by atoms with E-state index in [-0.39, 0.29) is 11.9 Å². The van der Waals surface area contributed by atoms with Gasteiger partial charge >= 0.3 is 0 Å². The lowest BCUT2D eigenvalue weighted by Crippen LogP contribution is -2.52. The summed E-state index contributed by atoms with van der Waals surface area (Å²) < 4.78 is 0. The second-order valence-corrected chi connectivity index (χ2v) is 4.05. The van der Waals surface area contributed by atoms with Crippen LogP contribution in [0.25, 0.3) is 0 Å². The van der Waals surface area contributed by atoms with Gasteiger partial charge in [-0.1, -0.05) is 30.3 Å².